The predicted octanol–water partition coefficient (Wildman–Crippen LogP) is 5.43. The van der Waals surface area contributed by atoms with E-state index in [1.54, 1.807) is 0 Å². The van der Waals surface area contributed by atoms with Crippen LogP contribution in [0.3, 0.4) is 0 Å². The summed E-state index contributed by atoms with van der Waals surface area (Å²) in [4.78, 5) is 44.8. The Morgan fingerprint density at radius 3 is 1.92 bits per heavy atom. The van der Waals surface area contributed by atoms with Crippen molar-refractivity contribution in [2.24, 2.45) is 5.73 Å². The molecule has 0 amide bonds. The molecule has 0 aliphatic rings. The number of aliphatic carboxylic acids is 1. The molecule has 4 N–H and O–H groups in total. The second-order valence-corrected chi connectivity index (χ2v) is 11.0. The number of hydrogen-bond acceptors (Lipinski definition) is 9. The highest BCUT2D eigenvalue weighted by Gasteiger charge is 2.28. The fourth-order valence-corrected chi connectivity index (χ4v) is 4.19. The monoisotopic (exact) mass is 579 g/mol. The van der Waals surface area contributed by atoms with Crippen LogP contribution in [-0.4, -0.2) is 59.9 Å². The van der Waals surface area contributed by atoms with E-state index < -0.39 is 51.1 Å². The van der Waals surface area contributed by atoms with Gasteiger partial charge in [-0.1, -0.05) is 70.9 Å². The zero-order valence-electron chi connectivity index (χ0n) is 23.7. The van der Waals surface area contributed by atoms with Gasteiger partial charge < -0.3 is 25.2 Å². The molecule has 0 heterocycles. The fourth-order valence-electron chi connectivity index (χ4n) is 3.41. The van der Waals surface area contributed by atoms with Crippen LogP contribution >= 0.6 is 7.82 Å². The molecule has 0 rings (SSSR count). The van der Waals surface area contributed by atoms with Gasteiger partial charge in [0.15, 0.2) is 6.10 Å². The minimum absolute atomic E-state index is 0.152. The molecule has 12 heteroatoms. The lowest BCUT2D eigenvalue weighted by Gasteiger charge is -2.20. The van der Waals surface area contributed by atoms with Gasteiger partial charge in [-0.05, 0) is 38.5 Å². The zero-order valence-corrected chi connectivity index (χ0v) is 24.6. The van der Waals surface area contributed by atoms with E-state index in [4.69, 9.17) is 24.8 Å². The molecule has 228 valence electrons. The smallest absolute Gasteiger partial charge is 0.472 e. The number of nitrogens with two attached hydrogens (primary N) is 1. The van der Waals surface area contributed by atoms with E-state index in [0.29, 0.717) is 12.8 Å². The van der Waals surface area contributed by atoms with Gasteiger partial charge in [-0.3, -0.25) is 23.4 Å². The van der Waals surface area contributed by atoms with Gasteiger partial charge in [0.1, 0.15) is 12.6 Å². The Hall–Kier alpha value is -1.78. The molecular formula is C27H50NO10P. The molecule has 0 aromatic carbocycles. The van der Waals surface area contributed by atoms with E-state index in [-0.39, 0.29) is 19.4 Å². The van der Waals surface area contributed by atoms with E-state index in [9.17, 15) is 23.8 Å². The molecule has 3 unspecified atom stereocenters. The number of carbonyl (C=O) groups excluding carboxylic acids is 2. The van der Waals surface area contributed by atoms with Crippen LogP contribution in [-0.2, 0) is 37.5 Å². The first kappa shape index (κ1) is 37.2. The maximum Gasteiger partial charge on any atom is 0.472 e. The third-order valence-corrected chi connectivity index (χ3v) is 6.71. The normalized spacial score (nSPS) is 14.6. The average molecular weight is 580 g/mol. The molecule has 3 atom stereocenters. The first-order valence-electron chi connectivity index (χ1n) is 14.2. The highest BCUT2D eigenvalue weighted by molar-refractivity contribution is 7.47. The third-order valence-electron chi connectivity index (χ3n) is 5.76. The van der Waals surface area contributed by atoms with Crippen LogP contribution in [0.5, 0.6) is 0 Å². The van der Waals surface area contributed by atoms with Gasteiger partial charge in [0.2, 0.25) is 0 Å². The Morgan fingerprint density at radius 1 is 0.769 bits per heavy atom. The number of carboxylic acids is 1. The van der Waals surface area contributed by atoms with Crippen LogP contribution in [0.4, 0.5) is 0 Å². The standard InChI is InChI=1S/C27H50NO10P/c1-3-5-7-8-9-10-11-12-13-14-15-17-19-26(30)38-23(20-35-25(29)18-16-6-4-2)21-36-39(33,34)37-22-24(28)27(31)32/h9-10,23-24H,3-8,11-22,28H2,1-2H3,(H,31,32)(H,33,34)/b10-9-. The Balaban J connectivity index is 4.47. The molecule has 0 aromatic rings. The van der Waals surface area contributed by atoms with Crippen molar-refractivity contribution in [1.82, 2.24) is 0 Å². The summed E-state index contributed by atoms with van der Waals surface area (Å²) < 4.78 is 31.9. The minimum Gasteiger partial charge on any atom is -0.480 e. The van der Waals surface area contributed by atoms with Gasteiger partial charge in [-0.15, -0.1) is 0 Å². The summed E-state index contributed by atoms with van der Waals surface area (Å²) in [7, 11) is -4.68. The maximum absolute atomic E-state index is 12.3. The number of esters is 2. The number of hydrogen-bond donors (Lipinski definition) is 3. The van der Waals surface area contributed by atoms with Crippen LogP contribution < -0.4 is 5.73 Å². The molecule has 0 radical (unpaired) electrons. The zero-order chi connectivity index (χ0) is 29.4. The van der Waals surface area contributed by atoms with Crippen LogP contribution in [0.25, 0.3) is 0 Å². The summed E-state index contributed by atoms with van der Waals surface area (Å²) in [6.07, 6.45) is 16.8. The van der Waals surface area contributed by atoms with Crippen molar-refractivity contribution in [3.8, 4) is 0 Å². The van der Waals surface area contributed by atoms with Gasteiger partial charge in [0, 0.05) is 12.8 Å². The van der Waals surface area contributed by atoms with Crippen molar-refractivity contribution in [2.75, 3.05) is 19.8 Å². The van der Waals surface area contributed by atoms with Gasteiger partial charge in [-0.25, -0.2) is 4.57 Å². The highest BCUT2D eigenvalue weighted by Crippen LogP contribution is 2.43. The number of phosphoric acid groups is 1. The molecule has 0 aliphatic carbocycles. The SMILES string of the molecule is CCCCC/C=C\CCCCCCCC(=O)OC(COC(=O)CCCCC)COP(=O)(O)OCC(N)C(=O)O. The quantitative estimate of drug-likeness (QED) is 0.0516. The van der Waals surface area contributed by atoms with Gasteiger partial charge in [-0.2, -0.15) is 0 Å². The summed E-state index contributed by atoms with van der Waals surface area (Å²) >= 11 is 0. The number of phosphoric ester groups is 1. The summed E-state index contributed by atoms with van der Waals surface area (Å²) in [5.74, 6) is -2.43. The average Bonchev–Trinajstić information content (AvgIpc) is 2.89. The Bertz CT molecular complexity index is 746. The van der Waals surface area contributed by atoms with Crippen LogP contribution in [0.2, 0.25) is 0 Å². The Labute approximate surface area is 233 Å². The first-order valence-corrected chi connectivity index (χ1v) is 15.7. The van der Waals surface area contributed by atoms with Gasteiger partial charge in [0.05, 0.1) is 13.2 Å². The van der Waals surface area contributed by atoms with Gasteiger partial charge >= 0.3 is 25.7 Å². The van der Waals surface area contributed by atoms with Crippen molar-refractivity contribution in [3.63, 3.8) is 0 Å². The molecule has 39 heavy (non-hydrogen) atoms. The van der Waals surface area contributed by atoms with E-state index in [1.165, 1.54) is 19.3 Å². The van der Waals surface area contributed by atoms with E-state index in [2.05, 4.69) is 23.6 Å². The van der Waals surface area contributed by atoms with Crippen molar-refractivity contribution >= 4 is 25.7 Å². The summed E-state index contributed by atoms with van der Waals surface area (Å²) in [5.41, 5.74) is 5.25. The summed E-state index contributed by atoms with van der Waals surface area (Å²) in [6.45, 7) is 2.51. The molecule has 0 aliphatic heterocycles. The van der Waals surface area contributed by atoms with Crippen molar-refractivity contribution in [3.05, 3.63) is 12.2 Å². The molecule has 0 fully saturated rings. The van der Waals surface area contributed by atoms with Crippen LogP contribution in [0, 0.1) is 0 Å². The number of rotatable bonds is 26. The number of allylic oxidation sites excluding steroid dienone is 2. The highest BCUT2D eigenvalue weighted by atomic mass is 31.2. The number of carbonyl (C=O) groups is 3. The topological polar surface area (TPSA) is 172 Å². The molecule has 0 spiro atoms. The van der Waals surface area contributed by atoms with Crippen molar-refractivity contribution < 1.29 is 47.5 Å². The molecule has 0 aromatic heterocycles. The Kier molecular flexibility index (Phi) is 23.0. The lowest BCUT2D eigenvalue weighted by Crippen LogP contribution is -2.34. The van der Waals surface area contributed by atoms with Gasteiger partial charge in [0.25, 0.3) is 0 Å². The lowest BCUT2D eigenvalue weighted by atomic mass is 10.1. The number of unbranched alkanes of at least 4 members (excludes halogenated alkanes) is 10. The summed E-state index contributed by atoms with van der Waals surface area (Å²) in [5, 5.41) is 8.76. The number of ether oxygens (including phenoxy) is 2. The van der Waals surface area contributed by atoms with E-state index in [0.717, 1.165) is 51.4 Å². The lowest BCUT2D eigenvalue weighted by molar-refractivity contribution is -0.161. The second-order valence-electron chi connectivity index (χ2n) is 9.53. The van der Waals surface area contributed by atoms with Crippen molar-refractivity contribution in [2.45, 2.75) is 122 Å². The minimum atomic E-state index is -4.68. The Morgan fingerprint density at radius 2 is 1.28 bits per heavy atom. The maximum atomic E-state index is 12.3. The van der Waals surface area contributed by atoms with Crippen molar-refractivity contribution in [1.29, 1.82) is 0 Å². The third kappa shape index (κ3) is 23.8. The summed E-state index contributed by atoms with van der Waals surface area (Å²) in [6, 6.07) is -1.52. The molecule has 11 nitrogen and oxygen atoms in total. The molecule has 0 saturated carbocycles. The fraction of sp³-hybridized carbons (Fsp3) is 0.815. The number of carboxylic acid groups (broad SMARTS) is 1. The largest absolute Gasteiger partial charge is 0.480 e. The predicted molar refractivity (Wildman–Crippen MR) is 148 cm³/mol. The van der Waals surface area contributed by atoms with E-state index >= 15 is 0 Å². The molecular weight excluding hydrogens is 529 g/mol. The first-order chi connectivity index (χ1) is 18.6. The molecule has 0 saturated heterocycles. The van der Waals surface area contributed by atoms with Crippen LogP contribution in [0.1, 0.15) is 110 Å². The van der Waals surface area contributed by atoms with E-state index in [1.807, 2.05) is 6.92 Å². The van der Waals surface area contributed by atoms with Crippen LogP contribution in [0.15, 0.2) is 12.2 Å². The molecule has 0 bridgehead atoms. The second kappa shape index (κ2) is 24.1.